The van der Waals surface area contributed by atoms with E-state index in [0.29, 0.717) is 33.0 Å². The van der Waals surface area contributed by atoms with Crippen molar-refractivity contribution in [3.63, 3.8) is 0 Å². The molecule has 134 valence electrons. The predicted octanol–water partition coefficient (Wildman–Crippen LogP) is 5.46. The van der Waals surface area contributed by atoms with E-state index in [1.165, 1.54) is 11.3 Å². The predicted molar refractivity (Wildman–Crippen MR) is 105 cm³/mol. The summed E-state index contributed by atoms with van der Waals surface area (Å²) in [6.07, 6.45) is -0.0780. The van der Waals surface area contributed by atoms with Crippen molar-refractivity contribution in [2.24, 2.45) is 0 Å². The van der Waals surface area contributed by atoms with E-state index in [9.17, 15) is 9.90 Å². The number of nitrogens with zero attached hydrogens (tertiary/aromatic N) is 1. The van der Waals surface area contributed by atoms with Gasteiger partial charge in [-0.25, -0.2) is 4.98 Å². The highest BCUT2D eigenvalue weighted by Crippen LogP contribution is 2.39. The first kappa shape index (κ1) is 18.4. The molecule has 1 N–H and O–H groups in total. The summed E-state index contributed by atoms with van der Waals surface area (Å²) in [6, 6.07) is 13.3. The van der Waals surface area contributed by atoms with Crippen LogP contribution < -0.4 is 4.74 Å². The summed E-state index contributed by atoms with van der Waals surface area (Å²) in [5.41, 5.74) is 3.50. The lowest BCUT2D eigenvalue weighted by molar-refractivity contribution is -0.136. The zero-order valence-electron chi connectivity index (χ0n) is 14.5. The highest BCUT2D eigenvalue weighted by Gasteiger charge is 2.19. The van der Waals surface area contributed by atoms with E-state index in [4.69, 9.17) is 21.3 Å². The fourth-order valence-corrected chi connectivity index (χ4v) is 3.88. The van der Waals surface area contributed by atoms with Crippen molar-refractivity contribution in [1.82, 2.24) is 4.98 Å². The van der Waals surface area contributed by atoms with Gasteiger partial charge in [-0.1, -0.05) is 41.4 Å². The van der Waals surface area contributed by atoms with Crippen LogP contribution in [-0.2, 0) is 11.2 Å². The van der Waals surface area contributed by atoms with Crippen LogP contribution in [0.5, 0.6) is 5.75 Å². The highest BCUT2D eigenvalue weighted by atomic mass is 35.5. The minimum atomic E-state index is -0.885. The molecular weight excluding hydrogens is 370 g/mol. The molecule has 0 fully saturated rings. The Morgan fingerprint density at radius 3 is 2.62 bits per heavy atom. The average Bonchev–Trinajstić information content (AvgIpc) is 3.00. The van der Waals surface area contributed by atoms with Gasteiger partial charge in [-0.15, -0.1) is 11.3 Å². The third kappa shape index (κ3) is 4.06. The standard InChI is InChI=1S/C20H18ClNO3S/c1-3-25-16-9-8-14(21)10-15(16)20-22-19(17(26-20)11-18(23)24)13-6-4-12(2)5-7-13/h4-10H,3,11H2,1-2H3,(H,23,24). The zero-order chi connectivity index (χ0) is 18.7. The second kappa shape index (κ2) is 7.89. The molecule has 0 radical (unpaired) electrons. The van der Waals surface area contributed by atoms with Crippen molar-refractivity contribution < 1.29 is 14.6 Å². The van der Waals surface area contributed by atoms with Crippen LogP contribution in [-0.4, -0.2) is 22.7 Å². The minimum absolute atomic E-state index is 0.0780. The SMILES string of the molecule is CCOc1ccc(Cl)cc1-c1nc(-c2ccc(C)cc2)c(CC(=O)O)s1. The molecule has 0 saturated heterocycles. The number of carboxylic acids is 1. The van der Waals surface area contributed by atoms with Crippen LogP contribution in [0.15, 0.2) is 42.5 Å². The number of ether oxygens (including phenoxy) is 1. The number of benzene rings is 2. The Balaban J connectivity index is 2.13. The molecule has 0 aliphatic carbocycles. The van der Waals surface area contributed by atoms with Crippen molar-refractivity contribution in [3.8, 4) is 27.6 Å². The molecule has 1 aromatic heterocycles. The van der Waals surface area contributed by atoms with Crippen molar-refractivity contribution in [1.29, 1.82) is 0 Å². The lowest BCUT2D eigenvalue weighted by Crippen LogP contribution is -1.99. The monoisotopic (exact) mass is 387 g/mol. The summed E-state index contributed by atoms with van der Waals surface area (Å²) in [5, 5.41) is 10.6. The number of hydrogen-bond acceptors (Lipinski definition) is 4. The van der Waals surface area contributed by atoms with Crippen LogP contribution in [0.2, 0.25) is 5.02 Å². The van der Waals surface area contributed by atoms with Crippen LogP contribution in [0.1, 0.15) is 17.4 Å². The van der Waals surface area contributed by atoms with Crippen molar-refractivity contribution >= 4 is 28.9 Å². The molecular formula is C20H18ClNO3S. The van der Waals surface area contributed by atoms with E-state index in [0.717, 1.165) is 16.7 Å². The Hall–Kier alpha value is -2.37. The Morgan fingerprint density at radius 2 is 1.96 bits per heavy atom. The molecule has 3 rings (SSSR count). The van der Waals surface area contributed by atoms with E-state index in [-0.39, 0.29) is 6.42 Å². The summed E-state index contributed by atoms with van der Waals surface area (Å²) in [5.74, 6) is -0.201. The minimum Gasteiger partial charge on any atom is -0.493 e. The quantitative estimate of drug-likeness (QED) is 0.609. The first-order valence-electron chi connectivity index (χ1n) is 8.19. The Labute approximate surface area is 161 Å². The molecule has 0 aliphatic heterocycles. The molecule has 0 amide bonds. The van der Waals surface area contributed by atoms with Gasteiger partial charge in [-0.3, -0.25) is 4.79 Å². The second-order valence-electron chi connectivity index (χ2n) is 5.80. The molecule has 0 atom stereocenters. The van der Waals surface area contributed by atoms with Gasteiger partial charge in [0.1, 0.15) is 10.8 Å². The van der Waals surface area contributed by atoms with E-state index < -0.39 is 5.97 Å². The van der Waals surface area contributed by atoms with Gasteiger partial charge in [0.25, 0.3) is 0 Å². The lowest BCUT2D eigenvalue weighted by atomic mass is 10.1. The van der Waals surface area contributed by atoms with Gasteiger partial charge < -0.3 is 9.84 Å². The summed E-state index contributed by atoms with van der Waals surface area (Å²) >= 11 is 7.52. The van der Waals surface area contributed by atoms with Crippen molar-refractivity contribution in [3.05, 3.63) is 57.9 Å². The normalized spacial score (nSPS) is 10.7. The Kier molecular flexibility index (Phi) is 5.59. The maximum Gasteiger partial charge on any atom is 0.308 e. The summed E-state index contributed by atoms with van der Waals surface area (Å²) < 4.78 is 5.69. The molecule has 0 bridgehead atoms. The first-order chi connectivity index (χ1) is 12.5. The highest BCUT2D eigenvalue weighted by molar-refractivity contribution is 7.15. The molecule has 0 unspecified atom stereocenters. The number of aliphatic carboxylic acids is 1. The summed E-state index contributed by atoms with van der Waals surface area (Å²) in [7, 11) is 0. The molecule has 0 spiro atoms. The summed E-state index contributed by atoms with van der Waals surface area (Å²) in [4.78, 5) is 16.7. The molecule has 1 heterocycles. The third-order valence-electron chi connectivity index (χ3n) is 3.81. The maximum atomic E-state index is 11.3. The molecule has 3 aromatic rings. The van der Waals surface area contributed by atoms with Gasteiger partial charge in [0.05, 0.1) is 24.3 Å². The molecule has 6 heteroatoms. The van der Waals surface area contributed by atoms with Crippen LogP contribution >= 0.6 is 22.9 Å². The van der Waals surface area contributed by atoms with Gasteiger partial charge >= 0.3 is 5.97 Å². The fraction of sp³-hybridized carbons (Fsp3) is 0.200. The van der Waals surface area contributed by atoms with E-state index in [1.807, 2.05) is 44.2 Å². The Morgan fingerprint density at radius 1 is 1.23 bits per heavy atom. The first-order valence-corrected chi connectivity index (χ1v) is 9.38. The Bertz CT molecular complexity index is 935. The largest absolute Gasteiger partial charge is 0.493 e. The smallest absolute Gasteiger partial charge is 0.308 e. The molecule has 26 heavy (non-hydrogen) atoms. The number of rotatable bonds is 6. The van der Waals surface area contributed by atoms with Gasteiger partial charge in [0.2, 0.25) is 0 Å². The van der Waals surface area contributed by atoms with Gasteiger partial charge in [0.15, 0.2) is 0 Å². The molecule has 2 aromatic carbocycles. The van der Waals surface area contributed by atoms with Crippen LogP contribution in [0.3, 0.4) is 0 Å². The van der Waals surface area contributed by atoms with Crippen LogP contribution in [0.4, 0.5) is 0 Å². The molecule has 0 saturated carbocycles. The molecule has 0 aliphatic rings. The second-order valence-corrected chi connectivity index (χ2v) is 7.32. The number of aromatic nitrogens is 1. The number of thiazole rings is 1. The van der Waals surface area contributed by atoms with E-state index in [2.05, 4.69) is 0 Å². The van der Waals surface area contributed by atoms with Crippen molar-refractivity contribution in [2.75, 3.05) is 6.61 Å². The van der Waals surface area contributed by atoms with Gasteiger partial charge in [0, 0.05) is 15.5 Å². The van der Waals surface area contributed by atoms with Gasteiger partial charge in [-0.05, 0) is 32.0 Å². The van der Waals surface area contributed by atoms with E-state index in [1.54, 1.807) is 12.1 Å². The number of hydrogen-bond donors (Lipinski definition) is 1. The lowest BCUT2D eigenvalue weighted by Gasteiger charge is -2.08. The van der Waals surface area contributed by atoms with Crippen LogP contribution in [0, 0.1) is 6.92 Å². The fourth-order valence-electron chi connectivity index (χ4n) is 2.61. The summed E-state index contributed by atoms with van der Waals surface area (Å²) in [6.45, 7) is 4.44. The number of aryl methyl sites for hydroxylation is 1. The number of carbonyl (C=O) groups is 1. The van der Waals surface area contributed by atoms with Gasteiger partial charge in [-0.2, -0.15) is 0 Å². The maximum absolute atomic E-state index is 11.3. The zero-order valence-corrected chi connectivity index (χ0v) is 16.0. The number of halogens is 1. The van der Waals surface area contributed by atoms with Crippen molar-refractivity contribution in [2.45, 2.75) is 20.3 Å². The van der Waals surface area contributed by atoms with E-state index >= 15 is 0 Å². The van der Waals surface area contributed by atoms with Crippen LogP contribution in [0.25, 0.3) is 21.8 Å². The average molecular weight is 388 g/mol. The number of carboxylic acid groups (broad SMARTS) is 1. The third-order valence-corrected chi connectivity index (χ3v) is 5.13. The molecule has 4 nitrogen and oxygen atoms in total. The topological polar surface area (TPSA) is 59.4 Å².